The number of hydrogen-bond donors (Lipinski definition) is 2. The average molecular weight is 620 g/mol. The van der Waals surface area contributed by atoms with Crippen LogP contribution in [-0.4, -0.2) is 4.57 Å². The molecule has 5 aromatic rings. The molecule has 0 amide bonds. The van der Waals surface area contributed by atoms with Crippen LogP contribution >= 0.6 is 34.7 Å². The molecule has 0 fully saturated rings. The fraction of sp³-hybridized carbons (Fsp3) is 0.231. The maximum atomic E-state index is 4.14. The molecule has 1 nitrogen and oxygen atoms in total. The number of benzene rings is 3. The van der Waals surface area contributed by atoms with Crippen molar-refractivity contribution in [1.82, 2.24) is 4.57 Å². The Balaban J connectivity index is 0.000000580. The summed E-state index contributed by atoms with van der Waals surface area (Å²) in [4.78, 5) is 1.42. The Hall–Kier alpha value is -3.18. The van der Waals surface area contributed by atoms with Crippen molar-refractivity contribution < 1.29 is 0 Å². The number of thiol groups is 2. The molecule has 3 unspecified atom stereocenters. The van der Waals surface area contributed by atoms with E-state index in [9.17, 15) is 0 Å². The van der Waals surface area contributed by atoms with Gasteiger partial charge in [-0.2, -0.15) is 0 Å². The summed E-state index contributed by atoms with van der Waals surface area (Å²) in [5.74, 6) is 1.16. The maximum Gasteiger partial charge on any atom is 0.0682 e. The van der Waals surface area contributed by atoms with Crippen molar-refractivity contribution in [2.24, 2.45) is 5.92 Å². The van der Waals surface area contributed by atoms with Crippen LogP contribution in [-0.2, 0) is 0 Å². The van der Waals surface area contributed by atoms with Gasteiger partial charge in [-0.1, -0.05) is 126 Å². The largest absolute Gasteiger partial charge is 0.308 e. The van der Waals surface area contributed by atoms with Crippen LogP contribution in [0.3, 0.4) is 0 Å². The zero-order valence-electron chi connectivity index (χ0n) is 25.7. The third-order valence-electron chi connectivity index (χ3n) is 8.60. The van der Waals surface area contributed by atoms with E-state index in [1.165, 1.54) is 64.7 Å². The maximum absolute atomic E-state index is 4.14. The molecular weight excluding hydrogens is 579 g/mol. The average Bonchev–Trinajstić information content (AvgIpc) is 3.65. The molecule has 2 aromatic heterocycles. The second-order valence-corrected chi connectivity index (χ2v) is 11.6. The van der Waals surface area contributed by atoms with E-state index in [1.54, 1.807) is 0 Å². The Labute approximate surface area is 271 Å². The number of fused-ring (bicyclic) bond motifs is 12. The third-order valence-corrected chi connectivity index (χ3v) is 9.80. The summed E-state index contributed by atoms with van der Waals surface area (Å²) in [5.41, 5.74) is 8.24. The lowest BCUT2D eigenvalue weighted by Crippen LogP contribution is -2.16. The van der Waals surface area contributed by atoms with Gasteiger partial charge >= 0.3 is 0 Å². The minimum atomic E-state index is 0.311. The number of thiophene rings is 1. The third kappa shape index (κ3) is 5.08. The molecule has 3 aliphatic rings. The summed E-state index contributed by atoms with van der Waals surface area (Å²) in [6.45, 7) is 14.4. The fourth-order valence-corrected chi connectivity index (χ4v) is 8.17. The van der Waals surface area contributed by atoms with Crippen LogP contribution < -0.4 is 0 Å². The molecule has 43 heavy (non-hydrogen) atoms. The first kappa shape index (κ1) is 31.3. The van der Waals surface area contributed by atoms with E-state index in [-0.39, 0.29) is 0 Å². The van der Waals surface area contributed by atoms with Gasteiger partial charge in [0.25, 0.3) is 0 Å². The molecule has 3 aliphatic carbocycles. The second-order valence-electron chi connectivity index (χ2n) is 10.6. The quantitative estimate of drug-likeness (QED) is 0.143. The summed E-state index contributed by atoms with van der Waals surface area (Å²) in [6.07, 6.45) is 17.2. The topological polar surface area (TPSA) is 4.93 Å². The van der Waals surface area contributed by atoms with Crippen LogP contribution in [0.25, 0.3) is 48.0 Å². The first-order chi connectivity index (χ1) is 21.2. The van der Waals surface area contributed by atoms with Gasteiger partial charge in [-0.15, -0.1) is 34.7 Å². The summed E-state index contributed by atoms with van der Waals surface area (Å²) in [6, 6.07) is 22.5. The van der Waals surface area contributed by atoms with Gasteiger partial charge in [0, 0.05) is 27.6 Å². The zero-order chi connectivity index (χ0) is 30.7. The van der Waals surface area contributed by atoms with Crippen LogP contribution in [0.5, 0.6) is 0 Å². The molecule has 4 heteroatoms. The minimum Gasteiger partial charge on any atom is -0.308 e. The van der Waals surface area contributed by atoms with E-state index in [2.05, 4.69) is 139 Å². The van der Waals surface area contributed by atoms with Gasteiger partial charge < -0.3 is 4.57 Å². The zero-order valence-corrected chi connectivity index (χ0v) is 28.3. The number of nitrogens with zero attached hydrogens (tertiary/aromatic N) is 1. The van der Waals surface area contributed by atoms with Gasteiger partial charge in [0.1, 0.15) is 0 Å². The monoisotopic (exact) mass is 619 g/mol. The molecule has 0 saturated carbocycles. The lowest BCUT2D eigenvalue weighted by atomic mass is 9.72. The lowest BCUT2D eigenvalue weighted by molar-refractivity contribution is 0.702. The van der Waals surface area contributed by atoms with Crippen LogP contribution in [0.15, 0.2) is 115 Å². The summed E-state index contributed by atoms with van der Waals surface area (Å²) >= 11 is 8.40. The van der Waals surface area contributed by atoms with Crippen molar-refractivity contribution in [3.63, 3.8) is 0 Å². The minimum absolute atomic E-state index is 0.311. The van der Waals surface area contributed by atoms with Crippen molar-refractivity contribution in [3.05, 3.63) is 126 Å². The van der Waals surface area contributed by atoms with Crippen molar-refractivity contribution in [2.75, 3.05) is 0 Å². The van der Waals surface area contributed by atoms with E-state index in [0.29, 0.717) is 17.8 Å². The van der Waals surface area contributed by atoms with Gasteiger partial charge in [-0.05, 0) is 63.4 Å². The standard InChI is InChI=1S/C35H27NS.2C2H6.H2S2/c1-3-22-20-24(18-16-21(22)2)36-29-19-17-23-10-4-5-11-25(23)32(29)33-27-13-7-6-12-26(27)31-28-14-8-9-15-30(28)37-35(31)34(33)36;3*1-2/h3-15,17-21,26-27H,1,16H2,2H3;2*1-2H3;1-2H. The predicted octanol–water partition coefficient (Wildman–Crippen LogP) is 12.8. The Bertz CT molecular complexity index is 1910. The molecule has 2 heterocycles. The molecular formula is C39H41NS3. The number of rotatable bonds is 2. The Kier molecular flexibility index (Phi) is 9.91. The van der Waals surface area contributed by atoms with E-state index in [1.807, 2.05) is 45.1 Å². The molecule has 3 aromatic carbocycles. The van der Waals surface area contributed by atoms with Crippen LogP contribution in [0.4, 0.5) is 0 Å². The Morgan fingerprint density at radius 1 is 0.837 bits per heavy atom. The Morgan fingerprint density at radius 2 is 1.49 bits per heavy atom. The Morgan fingerprint density at radius 3 is 2.21 bits per heavy atom. The van der Waals surface area contributed by atoms with Gasteiger partial charge in [0.2, 0.25) is 0 Å². The molecule has 0 saturated heterocycles. The van der Waals surface area contributed by atoms with E-state index < -0.39 is 0 Å². The predicted molar refractivity (Wildman–Crippen MR) is 201 cm³/mol. The van der Waals surface area contributed by atoms with Crippen LogP contribution in [0.2, 0.25) is 0 Å². The lowest BCUT2D eigenvalue weighted by Gasteiger charge is -2.32. The highest BCUT2D eigenvalue weighted by Gasteiger charge is 2.39. The molecule has 0 bridgehead atoms. The summed E-state index contributed by atoms with van der Waals surface area (Å²) in [5, 5.41) is 5.45. The van der Waals surface area contributed by atoms with Crippen molar-refractivity contribution >= 4 is 72.1 Å². The highest BCUT2D eigenvalue weighted by Crippen LogP contribution is 2.58. The van der Waals surface area contributed by atoms with Crippen molar-refractivity contribution in [1.29, 1.82) is 0 Å². The van der Waals surface area contributed by atoms with Crippen molar-refractivity contribution in [2.45, 2.75) is 52.9 Å². The van der Waals surface area contributed by atoms with Crippen LogP contribution in [0, 0.1) is 5.92 Å². The number of allylic oxidation sites excluding steroid dienone is 9. The van der Waals surface area contributed by atoms with Crippen molar-refractivity contribution in [3.8, 4) is 10.6 Å². The number of hydrogen-bond acceptors (Lipinski definition) is 3. The van der Waals surface area contributed by atoms with E-state index >= 15 is 0 Å². The molecule has 220 valence electrons. The highest BCUT2D eigenvalue weighted by molar-refractivity contribution is 8.59. The molecule has 0 spiro atoms. The molecule has 8 rings (SSSR count). The highest BCUT2D eigenvalue weighted by atomic mass is 33.1. The van der Waals surface area contributed by atoms with Gasteiger partial charge in [0.15, 0.2) is 0 Å². The molecule has 3 atom stereocenters. The van der Waals surface area contributed by atoms with Gasteiger partial charge in [-0.3, -0.25) is 0 Å². The van der Waals surface area contributed by atoms with Gasteiger partial charge in [0.05, 0.1) is 16.1 Å². The first-order valence-electron chi connectivity index (χ1n) is 15.4. The smallest absolute Gasteiger partial charge is 0.0682 e. The fourth-order valence-electron chi connectivity index (χ4n) is 6.86. The first-order valence-corrected chi connectivity index (χ1v) is 17.8. The summed E-state index contributed by atoms with van der Waals surface area (Å²) < 4.78 is 3.94. The molecule has 0 N–H and O–H groups in total. The normalized spacial score (nSPS) is 19.4. The molecule has 0 aliphatic heterocycles. The van der Waals surface area contributed by atoms with Gasteiger partial charge in [-0.25, -0.2) is 0 Å². The summed E-state index contributed by atoms with van der Waals surface area (Å²) in [7, 11) is 0. The van der Waals surface area contributed by atoms with Crippen LogP contribution in [0.1, 0.15) is 64.0 Å². The second kappa shape index (κ2) is 13.6. The number of aromatic nitrogens is 1. The molecule has 0 radical (unpaired) electrons. The van der Waals surface area contributed by atoms with E-state index in [0.717, 1.165) is 6.42 Å². The SMILES string of the molecule is C=CC1=CC(n2c3c(c4c5ccccc5ccc42)C2C=CC=CC2c2c-3sc3ccccc23)=CCC1C.CC.CC.SS. The van der Waals surface area contributed by atoms with E-state index in [4.69, 9.17) is 0 Å².